The highest BCUT2D eigenvalue weighted by molar-refractivity contribution is 7.89. The molecule has 2 heterocycles. The molecule has 0 radical (unpaired) electrons. The first-order valence-electron chi connectivity index (χ1n) is 9.94. The van der Waals surface area contributed by atoms with E-state index in [-0.39, 0.29) is 22.8 Å². The fourth-order valence-corrected chi connectivity index (χ4v) is 4.18. The fraction of sp³-hybridized carbons (Fsp3) is 0.0435. The molecule has 1 aliphatic rings. The number of fused-ring (bicyclic) bond motifs is 2. The summed E-state index contributed by atoms with van der Waals surface area (Å²) in [6.45, 7) is 0.104. The molecule has 0 bridgehead atoms. The third kappa shape index (κ3) is 4.41. The van der Waals surface area contributed by atoms with Gasteiger partial charge in [-0.1, -0.05) is 29.8 Å². The van der Waals surface area contributed by atoms with E-state index in [1.807, 2.05) is 0 Å². The largest absolute Gasteiger partial charge is 0.454 e. The molecule has 34 heavy (non-hydrogen) atoms. The predicted octanol–water partition coefficient (Wildman–Crippen LogP) is 3.86. The summed E-state index contributed by atoms with van der Waals surface area (Å²) in [5.41, 5.74) is 0.686. The Balaban J connectivity index is 1.52. The van der Waals surface area contributed by atoms with Crippen LogP contribution in [0.1, 0.15) is 10.4 Å². The molecule has 1 amide bonds. The highest BCUT2D eigenvalue weighted by Gasteiger charge is 2.18. The number of sulfonamides is 1. The number of benzene rings is 3. The first kappa shape index (κ1) is 21.8. The number of anilines is 1. The second-order valence-electron chi connectivity index (χ2n) is 7.19. The molecule has 4 aromatic rings. The van der Waals surface area contributed by atoms with E-state index in [0.29, 0.717) is 33.2 Å². The van der Waals surface area contributed by atoms with Crippen molar-refractivity contribution in [3.8, 4) is 11.5 Å². The molecule has 11 heteroatoms. The van der Waals surface area contributed by atoms with Crippen molar-refractivity contribution >= 4 is 44.2 Å². The highest BCUT2D eigenvalue weighted by Crippen LogP contribution is 2.34. The number of para-hydroxylation sites is 1. The SMILES string of the molecule is O=C(Nc1ccc2c(c1)OCO2)c1cc2ccccc2o/c1=N\NS(=O)(=O)c1ccc(Cl)cc1. The van der Waals surface area contributed by atoms with Gasteiger partial charge in [0.2, 0.25) is 12.3 Å². The predicted molar refractivity (Wildman–Crippen MR) is 124 cm³/mol. The van der Waals surface area contributed by atoms with Gasteiger partial charge in [0.15, 0.2) is 11.5 Å². The van der Waals surface area contributed by atoms with E-state index >= 15 is 0 Å². The zero-order valence-corrected chi connectivity index (χ0v) is 18.9. The number of carbonyl (C=O) groups excluding carboxylic acids is 1. The van der Waals surface area contributed by atoms with Gasteiger partial charge in [-0.25, -0.2) is 0 Å². The molecule has 0 aliphatic carbocycles. The van der Waals surface area contributed by atoms with Crippen LogP contribution in [0.25, 0.3) is 11.0 Å². The fourth-order valence-electron chi connectivity index (χ4n) is 3.26. The number of hydrogen-bond acceptors (Lipinski definition) is 7. The van der Waals surface area contributed by atoms with Crippen LogP contribution in [-0.2, 0) is 10.0 Å². The topological polar surface area (TPSA) is 119 Å². The Labute approximate surface area is 198 Å². The van der Waals surface area contributed by atoms with E-state index in [4.69, 9.17) is 25.5 Å². The van der Waals surface area contributed by atoms with E-state index in [0.717, 1.165) is 0 Å². The van der Waals surface area contributed by atoms with Crippen molar-refractivity contribution in [3.63, 3.8) is 0 Å². The molecule has 0 atom stereocenters. The van der Waals surface area contributed by atoms with Gasteiger partial charge in [-0.05, 0) is 48.5 Å². The Hall–Kier alpha value is -4.02. The van der Waals surface area contributed by atoms with Crippen LogP contribution in [0.5, 0.6) is 11.5 Å². The molecular formula is C23H16ClN3O6S. The zero-order chi connectivity index (χ0) is 23.7. The molecule has 0 unspecified atom stereocenters. The maximum atomic E-state index is 13.1. The molecule has 1 aromatic heterocycles. The number of ether oxygens (including phenoxy) is 2. The highest BCUT2D eigenvalue weighted by atomic mass is 35.5. The van der Waals surface area contributed by atoms with Crippen molar-refractivity contribution in [2.24, 2.45) is 5.10 Å². The second-order valence-corrected chi connectivity index (χ2v) is 9.28. The summed E-state index contributed by atoms with van der Waals surface area (Å²) in [7, 11) is -4.03. The number of amides is 1. The van der Waals surface area contributed by atoms with Gasteiger partial charge in [0.25, 0.3) is 15.9 Å². The summed E-state index contributed by atoms with van der Waals surface area (Å²) < 4.78 is 41.7. The third-order valence-electron chi connectivity index (χ3n) is 4.92. The van der Waals surface area contributed by atoms with Crippen LogP contribution in [0.15, 0.2) is 87.2 Å². The smallest absolute Gasteiger partial charge is 0.276 e. The molecule has 0 saturated heterocycles. The summed E-state index contributed by atoms with van der Waals surface area (Å²) >= 11 is 5.83. The lowest BCUT2D eigenvalue weighted by Gasteiger charge is -2.08. The van der Waals surface area contributed by atoms with Crippen molar-refractivity contribution < 1.29 is 27.1 Å². The van der Waals surface area contributed by atoms with Gasteiger partial charge in [-0.15, -0.1) is 5.10 Å². The molecule has 5 rings (SSSR count). The van der Waals surface area contributed by atoms with Gasteiger partial charge in [0, 0.05) is 22.2 Å². The van der Waals surface area contributed by atoms with Crippen molar-refractivity contribution in [2.45, 2.75) is 4.90 Å². The summed E-state index contributed by atoms with van der Waals surface area (Å²) in [6.07, 6.45) is 0. The van der Waals surface area contributed by atoms with E-state index in [1.54, 1.807) is 48.5 Å². The second kappa shape index (κ2) is 8.73. The van der Waals surface area contributed by atoms with Crippen LogP contribution in [0.3, 0.4) is 0 Å². The van der Waals surface area contributed by atoms with Crippen LogP contribution in [0.4, 0.5) is 5.69 Å². The lowest BCUT2D eigenvalue weighted by atomic mass is 10.1. The van der Waals surface area contributed by atoms with E-state index < -0.39 is 15.9 Å². The van der Waals surface area contributed by atoms with E-state index in [2.05, 4.69) is 15.2 Å². The van der Waals surface area contributed by atoms with Crippen molar-refractivity contribution in [2.75, 3.05) is 12.1 Å². The molecule has 1 aliphatic heterocycles. The minimum Gasteiger partial charge on any atom is -0.454 e. The summed E-state index contributed by atoms with van der Waals surface area (Å²) in [4.78, 5) is 15.2. The van der Waals surface area contributed by atoms with Gasteiger partial charge in [0.05, 0.1) is 4.90 Å². The normalized spacial score (nSPS) is 13.1. The average Bonchev–Trinajstić information content (AvgIpc) is 3.30. The summed E-state index contributed by atoms with van der Waals surface area (Å²) in [6, 6.07) is 19.1. The Morgan fingerprint density at radius 3 is 2.53 bits per heavy atom. The number of carbonyl (C=O) groups is 1. The molecule has 2 N–H and O–H groups in total. The van der Waals surface area contributed by atoms with Gasteiger partial charge >= 0.3 is 0 Å². The molecular weight excluding hydrogens is 482 g/mol. The van der Waals surface area contributed by atoms with Crippen molar-refractivity contribution in [1.82, 2.24) is 4.83 Å². The maximum Gasteiger partial charge on any atom is 0.276 e. The standard InChI is InChI=1S/C23H16ClN3O6S/c24-15-5-8-17(9-6-15)34(29,30)27-26-23-18(11-14-3-1-2-4-19(14)33-23)22(28)25-16-7-10-20-21(12-16)32-13-31-20/h1-12,27H,13H2,(H,25,28)/b26-23-. The maximum absolute atomic E-state index is 13.1. The van der Waals surface area contributed by atoms with Crippen LogP contribution in [-0.4, -0.2) is 21.1 Å². The van der Waals surface area contributed by atoms with Gasteiger partial charge in [-0.3, -0.25) is 4.79 Å². The van der Waals surface area contributed by atoms with Crippen LogP contribution in [0, 0.1) is 0 Å². The molecule has 3 aromatic carbocycles. The van der Waals surface area contributed by atoms with Crippen molar-refractivity contribution in [1.29, 1.82) is 0 Å². The van der Waals surface area contributed by atoms with E-state index in [9.17, 15) is 13.2 Å². The third-order valence-corrected chi connectivity index (χ3v) is 6.40. The van der Waals surface area contributed by atoms with Crippen LogP contribution >= 0.6 is 11.6 Å². The van der Waals surface area contributed by atoms with Crippen LogP contribution < -0.4 is 25.2 Å². The number of nitrogens with one attached hydrogen (secondary N) is 2. The number of rotatable bonds is 5. The summed E-state index contributed by atoms with van der Waals surface area (Å²) in [5.74, 6) is 0.519. The molecule has 172 valence electrons. The lowest BCUT2D eigenvalue weighted by Crippen LogP contribution is -2.27. The zero-order valence-electron chi connectivity index (χ0n) is 17.3. The van der Waals surface area contributed by atoms with Crippen molar-refractivity contribution in [3.05, 3.63) is 88.9 Å². The summed E-state index contributed by atoms with van der Waals surface area (Å²) in [5, 5.41) is 7.67. The van der Waals surface area contributed by atoms with Gasteiger partial charge < -0.3 is 19.2 Å². The molecule has 9 nitrogen and oxygen atoms in total. The monoisotopic (exact) mass is 497 g/mol. The number of halogens is 1. The lowest BCUT2D eigenvalue weighted by molar-refractivity contribution is 0.102. The Kier molecular flexibility index (Phi) is 5.60. The minimum atomic E-state index is -4.03. The number of hydrogen-bond donors (Lipinski definition) is 2. The first-order valence-corrected chi connectivity index (χ1v) is 11.8. The Morgan fingerprint density at radius 2 is 1.71 bits per heavy atom. The Morgan fingerprint density at radius 1 is 0.941 bits per heavy atom. The van der Waals surface area contributed by atoms with Gasteiger partial charge in [0.1, 0.15) is 11.1 Å². The van der Waals surface area contributed by atoms with Gasteiger partial charge in [-0.2, -0.15) is 13.2 Å². The molecule has 0 spiro atoms. The number of nitrogens with zero attached hydrogens (tertiary/aromatic N) is 1. The molecule has 0 saturated carbocycles. The quantitative estimate of drug-likeness (QED) is 0.404. The average molecular weight is 498 g/mol. The Bertz CT molecular complexity index is 1580. The first-order chi connectivity index (χ1) is 16.4. The van der Waals surface area contributed by atoms with Crippen LogP contribution in [0.2, 0.25) is 5.02 Å². The minimum absolute atomic E-state index is 0.0233. The molecule has 0 fully saturated rings. The van der Waals surface area contributed by atoms with E-state index in [1.165, 1.54) is 24.3 Å².